The first-order chi connectivity index (χ1) is 9.61. The van der Waals surface area contributed by atoms with Crippen LogP contribution in [-0.2, 0) is 6.54 Å². The first-order valence-corrected chi connectivity index (χ1v) is 8.17. The molecule has 0 amide bonds. The molecule has 1 aliphatic heterocycles. The number of halogens is 1. The Labute approximate surface area is 130 Å². The van der Waals surface area contributed by atoms with Crippen LogP contribution in [0, 0.1) is 0 Å². The molecule has 1 atom stereocenters. The van der Waals surface area contributed by atoms with Crippen LogP contribution >= 0.6 is 15.9 Å². The second-order valence-electron chi connectivity index (χ2n) is 5.57. The van der Waals surface area contributed by atoms with E-state index in [0.29, 0.717) is 6.04 Å². The van der Waals surface area contributed by atoms with E-state index in [1.165, 1.54) is 24.9 Å². The van der Waals surface area contributed by atoms with Gasteiger partial charge in [0, 0.05) is 42.4 Å². The van der Waals surface area contributed by atoms with Gasteiger partial charge >= 0.3 is 0 Å². The molecular weight excluding hydrogens is 316 g/mol. The smallest absolute Gasteiger partial charge is 0.132 e. The number of anilines is 1. The van der Waals surface area contributed by atoms with Crippen LogP contribution in [0.2, 0.25) is 0 Å². The first-order valence-electron chi connectivity index (χ1n) is 7.38. The van der Waals surface area contributed by atoms with Crippen LogP contribution in [0.3, 0.4) is 0 Å². The minimum absolute atomic E-state index is 0.650. The van der Waals surface area contributed by atoms with Crippen LogP contribution in [0.15, 0.2) is 16.7 Å². The monoisotopic (exact) mass is 340 g/mol. The molecule has 2 heterocycles. The maximum absolute atomic E-state index is 4.62. The predicted octanol–water partition coefficient (Wildman–Crippen LogP) is 2.48. The van der Waals surface area contributed by atoms with Crippen molar-refractivity contribution in [2.75, 3.05) is 38.6 Å². The van der Waals surface area contributed by atoms with Gasteiger partial charge in [-0.1, -0.05) is 6.92 Å². The summed E-state index contributed by atoms with van der Waals surface area (Å²) in [4.78, 5) is 9.37. The summed E-state index contributed by atoms with van der Waals surface area (Å²) in [6.07, 6.45) is 4.49. The lowest BCUT2D eigenvalue weighted by Gasteiger charge is -2.28. The van der Waals surface area contributed by atoms with E-state index < -0.39 is 0 Å². The molecule has 20 heavy (non-hydrogen) atoms. The Bertz CT molecular complexity index is 438. The molecule has 0 spiro atoms. The van der Waals surface area contributed by atoms with Gasteiger partial charge in [-0.15, -0.1) is 0 Å². The molecule has 1 aliphatic rings. The highest BCUT2D eigenvalue weighted by Gasteiger charge is 2.23. The van der Waals surface area contributed by atoms with Gasteiger partial charge in [0.05, 0.1) is 0 Å². The average molecular weight is 341 g/mol. The molecule has 4 nitrogen and oxygen atoms in total. The zero-order valence-corrected chi connectivity index (χ0v) is 14.3. The lowest BCUT2D eigenvalue weighted by molar-refractivity contribution is 0.314. The highest BCUT2D eigenvalue weighted by molar-refractivity contribution is 9.10. The van der Waals surface area contributed by atoms with Crippen LogP contribution in [0.4, 0.5) is 5.82 Å². The Morgan fingerprint density at radius 3 is 3.00 bits per heavy atom. The lowest BCUT2D eigenvalue weighted by Crippen LogP contribution is -2.37. The Hall–Kier alpha value is -0.650. The molecule has 1 fully saturated rings. The third-order valence-corrected chi connectivity index (χ3v) is 4.43. The molecule has 0 saturated carbocycles. The molecule has 2 rings (SSSR count). The molecule has 0 aliphatic carbocycles. The summed E-state index contributed by atoms with van der Waals surface area (Å²) >= 11 is 3.52. The molecule has 0 radical (unpaired) electrons. The van der Waals surface area contributed by atoms with Crippen molar-refractivity contribution in [1.29, 1.82) is 0 Å². The number of likely N-dealkylation sites (N-methyl/N-ethyl adjacent to an activating group) is 2. The summed E-state index contributed by atoms with van der Waals surface area (Å²) < 4.78 is 1.04. The number of nitrogens with zero attached hydrogens (tertiary/aromatic N) is 3. The van der Waals surface area contributed by atoms with E-state index in [2.05, 4.69) is 63.1 Å². The summed E-state index contributed by atoms with van der Waals surface area (Å²) in [5, 5.41) is 3.39. The van der Waals surface area contributed by atoms with Crippen LogP contribution < -0.4 is 10.2 Å². The van der Waals surface area contributed by atoms with Gasteiger partial charge in [0.15, 0.2) is 0 Å². The van der Waals surface area contributed by atoms with Crippen molar-refractivity contribution in [3.05, 3.63) is 22.3 Å². The number of likely N-dealkylation sites (tertiary alicyclic amines) is 1. The van der Waals surface area contributed by atoms with Crippen molar-refractivity contribution in [3.63, 3.8) is 0 Å². The van der Waals surface area contributed by atoms with Crippen molar-refractivity contribution in [3.8, 4) is 0 Å². The SMILES string of the molecule is CCNCc1cc(Br)cnc1N(C)CC1CCCN1C. The second-order valence-corrected chi connectivity index (χ2v) is 6.49. The minimum Gasteiger partial charge on any atom is -0.358 e. The standard InChI is InChI=1S/C15H25BrN4/c1-4-17-9-12-8-13(16)10-18-15(12)20(3)11-14-6-5-7-19(14)2/h8,10,14,17H,4-7,9,11H2,1-3H3. The Kier molecular flexibility index (Phi) is 5.81. The van der Waals surface area contributed by atoms with Crippen LogP contribution in [0.1, 0.15) is 25.3 Å². The van der Waals surface area contributed by atoms with Gasteiger partial charge in [0.1, 0.15) is 5.82 Å². The second kappa shape index (κ2) is 7.38. The highest BCUT2D eigenvalue weighted by atomic mass is 79.9. The van der Waals surface area contributed by atoms with Gasteiger partial charge in [-0.3, -0.25) is 0 Å². The van der Waals surface area contributed by atoms with Gasteiger partial charge in [-0.2, -0.15) is 0 Å². The molecule has 0 aromatic carbocycles. The molecule has 1 saturated heterocycles. The van der Waals surface area contributed by atoms with Crippen LogP contribution in [0.25, 0.3) is 0 Å². The molecule has 5 heteroatoms. The van der Waals surface area contributed by atoms with Gasteiger partial charge < -0.3 is 15.1 Å². The summed E-state index contributed by atoms with van der Waals surface area (Å²) in [6, 6.07) is 2.82. The van der Waals surface area contributed by atoms with E-state index in [4.69, 9.17) is 0 Å². The molecule has 1 N–H and O–H groups in total. The average Bonchev–Trinajstić information content (AvgIpc) is 2.82. The van der Waals surface area contributed by atoms with E-state index in [0.717, 1.165) is 29.9 Å². The molecule has 1 unspecified atom stereocenters. The first kappa shape index (κ1) is 15.7. The van der Waals surface area contributed by atoms with Crippen molar-refractivity contribution < 1.29 is 0 Å². The van der Waals surface area contributed by atoms with Crippen molar-refractivity contribution in [1.82, 2.24) is 15.2 Å². The third kappa shape index (κ3) is 3.93. The van der Waals surface area contributed by atoms with E-state index in [9.17, 15) is 0 Å². The number of rotatable bonds is 6. The number of hydrogen-bond donors (Lipinski definition) is 1. The maximum atomic E-state index is 4.62. The minimum atomic E-state index is 0.650. The van der Waals surface area contributed by atoms with Crippen molar-refractivity contribution >= 4 is 21.7 Å². The van der Waals surface area contributed by atoms with Crippen molar-refractivity contribution in [2.24, 2.45) is 0 Å². The Morgan fingerprint density at radius 1 is 1.55 bits per heavy atom. The summed E-state index contributed by atoms with van der Waals surface area (Å²) in [5.41, 5.74) is 1.25. The van der Waals surface area contributed by atoms with Gasteiger partial charge in [0.25, 0.3) is 0 Å². The summed E-state index contributed by atoms with van der Waals surface area (Å²) in [7, 11) is 4.37. The largest absolute Gasteiger partial charge is 0.358 e. The quantitative estimate of drug-likeness (QED) is 0.861. The number of nitrogens with one attached hydrogen (secondary N) is 1. The predicted molar refractivity (Wildman–Crippen MR) is 88.2 cm³/mol. The molecule has 1 aromatic rings. The van der Waals surface area contributed by atoms with Crippen LogP contribution in [0.5, 0.6) is 0 Å². The molecular formula is C15H25BrN4. The maximum Gasteiger partial charge on any atom is 0.132 e. The fourth-order valence-electron chi connectivity index (χ4n) is 2.82. The zero-order chi connectivity index (χ0) is 14.5. The number of hydrogen-bond acceptors (Lipinski definition) is 4. The number of aromatic nitrogens is 1. The van der Waals surface area contributed by atoms with Crippen LogP contribution in [-0.4, -0.2) is 49.7 Å². The van der Waals surface area contributed by atoms with Crippen molar-refractivity contribution in [2.45, 2.75) is 32.4 Å². The molecule has 1 aromatic heterocycles. The Balaban J connectivity index is 2.09. The lowest BCUT2D eigenvalue weighted by atomic mass is 10.2. The highest BCUT2D eigenvalue weighted by Crippen LogP contribution is 2.23. The van der Waals surface area contributed by atoms with E-state index >= 15 is 0 Å². The van der Waals surface area contributed by atoms with E-state index in [1.807, 2.05) is 6.20 Å². The number of pyridine rings is 1. The topological polar surface area (TPSA) is 31.4 Å². The fraction of sp³-hybridized carbons (Fsp3) is 0.667. The zero-order valence-electron chi connectivity index (χ0n) is 12.7. The Morgan fingerprint density at radius 2 is 2.35 bits per heavy atom. The van der Waals surface area contributed by atoms with Gasteiger partial charge in [0.2, 0.25) is 0 Å². The van der Waals surface area contributed by atoms with Gasteiger partial charge in [-0.25, -0.2) is 4.98 Å². The molecule has 0 bridgehead atoms. The molecule has 112 valence electrons. The summed E-state index contributed by atoms with van der Waals surface area (Å²) in [5.74, 6) is 1.09. The van der Waals surface area contributed by atoms with Gasteiger partial charge in [-0.05, 0) is 55.0 Å². The van der Waals surface area contributed by atoms with E-state index in [-0.39, 0.29) is 0 Å². The third-order valence-electron chi connectivity index (χ3n) is 3.99. The van der Waals surface area contributed by atoms with E-state index in [1.54, 1.807) is 0 Å². The summed E-state index contributed by atoms with van der Waals surface area (Å²) in [6.45, 7) is 6.23. The normalized spacial score (nSPS) is 19.5. The fourth-order valence-corrected chi connectivity index (χ4v) is 3.20.